The zero-order valence-electron chi connectivity index (χ0n) is 20.1. The molecule has 0 spiro atoms. The highest BCUT2D eigenvalue weighted by molar-refractivity contribution is 6.01. The third kappa shape index (κ3) is 4.45. The maximum Gasteiger partial charge on any atom is 0.347 e. The number of fused-ring (bicyclic) bond motifs is 2. The summed E-state index contributed by atoms with van der Waals surface area (Å²) >= 11 is 0. The standard InChI is InChI=1S/C28H29FN6O/c29-24-11-6-12-25-26(24)27(31-35(25)28(36)30-23-9-2-1-3-10-23)34-17-15-32(16-18-34)13-14-33-19-21-7-4-5-8-22(21)20-33/h1-12H,13-20H2,(H,30,36). The van der Waals surface area contributed by atoms with E-state index in [1.165, 1.54) is 21.9 Å². The van der Waals surface area contributed by atoms with Gasteiger partial charge in [0.05, 0.1) is 10.9 Å². The molecule has 1 N–H and O–H groups in total. The van der Waals surface area contributed by atoms with Crippen molar-refractivity contribution >= 4 is 28.4 Å². The Morgan fingerprint density at radius 3 is 2.19 bits per heavy atom. The Labute approximate surface area is 209 Å². The number of rotatable bonds is 5. The van der Waals surface area contributed by atoms with Crippen molar-refractivity contribution in [2.45, 2.75) is 13.1 Å². The first-order chi connectivity index (χ1) is 17.7. The van der Waals surface area contributed by atoms with Crippen molar-refractivity contribution in [3.05, 3.63) is 89.7 Å². The number of aromatic nitrogens is 2. The van der Waals surface area contributed by atoms with E-state index in [9.17, 15) is 9.18 Å². The molecule has 3 aromatic carbocycles. The van der Waals surface area contributed by atoms with E-state index in [0.717, 1.165) is 52.4 Å². The minimum Gasteiger partial charge on any atom is -0.352 e. The zero-order valence-corrected chi connectivity index (χ0v) is 20.1. The number of amides is 1. The molecule has 1 fully saturated rings. The molecule has 6 rings (SSSR count). The highest BCUT2D eigenvalue weighted by Crippen LogP contribution is 2.30. The van der Waals surface area contributed by atoms with Crippen LogP contribution in [-0.2, 0) is 13.1 Å². The van der Waals surface area contributed by atoms with Crippen LogP contribution in [0.4, 0.5) is 20.7 Å². The van der Waals surface area contributed by atoms with Crippen molar-refractivity contribution in [1.29, 1.82) is 0 Å². The molecule has 7 nitrogen and oxygen atoms in total. The van der Waals surface area contributed by atoms with Crippen LogP contribution in [-0.4, -0.2) is 64.9 Å². The number of anilines is 2. The second-order valence-electron chi connectivity index (χ2n) is 9.47. The summed E-state index contributed by atoms with van der Waals surface area (Å²) in [6, 6.07) is 22.2. The number of nitrogens with one attached hydrogen (secondary N) is 1. The van der Waals surface area contributed by atoms with E-state index < -0.39 is 6.03 Å². The second-order valence-corrected chi connectivity index (χ2v) is 9.47. The number of benzene rings is 3. The van der Waals surface area contributed by atoms with Crippen LogP contribution in [0.15, 0.2) is 72.8 Å². The fraction of sp³-hybridized carbons (Fsp3) is 0.286. The normalized spacial score (nSPS) is 16.4. The van der Waals surface area contributed by atoms with Crippen LogP contribution in [0.3, 0.4) is 0 Å². The van der Waals surface area contributed by atoms with Crippen LogP contribution >= 0.6 is 0 Å². The van der Waals surface area contributed by atoms with Gasteiger partial charge in [-0.2, -0.15) is 4.68 Å². The molecule has 0 radical (unpaired) electrons. The third-order valence-corrected chi connectivity index (χ3v) is 7.17. The Morgan fingerprint density at radius 2 is 1.47 bits per heavy atom. The van der Waals surface area contributed by atoms with Gasteiger partial charge in [-0.25, -0.2) is 9.18 Å². The first kappa shape index (κ1) is 22.7. The van der Waals surface area contributed by atoms with E-state index >= 15 is 0 Å². The van der Waals surface area contributed by atoms with Gasteiger partial charge in [-0.1, -0.05) is 48.5 Å². The van der Waals surface area contributed by atoms with Crippen molar-refractivity contribution in [2.24, 2.45) is 0 Å². The van der Waals surface area contributed by atoms with Gasteiger partial charge in [0.2, 0.25) is 0 Å². The van der Waals surface area contributed by atoms with Crippen LogP contribution in [0.5, 0.6) is 0 Å². The number of para-hydroxylation sites is 1. The minimum atomic E-state index is -0.409. The number of hydrogen-bond donors (Lipinski definition) is 1. The lowest BCUT2D eigenvalue weighted by Crippen LogP contribution is -2.48. The summed E-state index contributed by atoms with van der Waals surface area (Å²) in [6.45, 7) is 7.29. The van der Waals surface area contributed by atoms with Crippen molar-refractivity contribution in [1.82, 2.24) is 19.6 Å². The second kappa shape index (κ2) is 9.72. The van der Waals surface area contributed by atoms with E-state index in [2.05, 4.69) is 49.4 Å². The molecule has 3 heterocycles. The van der Waals surface area contributed by atoms with Crippen LogP contribution in [0.1, 0.15) is 11.1 Å². The molecule has 1 amide bonds. The molecular formula is C28H29FN6O. The van der Waals surface area contributed by atoms with E-state index in [4.69, 9.17) is 0 Å². The highest BCUT2D eigenvalue weighted by atomic mass is 19.1. The first-order valence-electron chi connectivity index (χ1n) is 12.5. The fourth-order valence-corrected chi connectivity index (χ4v) is 5.21. The number of hydrogen-bond acceptors (Lipinski definition) is 5. The average molecular weight is 485 g/mol. The zero-order chi connectivity index (χ0) is 24.5. The van der Waals surface area contributed by atoms with Gasteiger partial charge in [0.1, 0.15) is 5.82 Å². The largest absolute Gasteiger partial charge is 0.352 e. The van der Waals surface area contributed by atoms with E-state index in [1.54, 1.807) is 12.1 Å². The Bertz CT molecular complexity index is 1350. The van der Waals surface area contributed by atoms with Crippen LogP contribution in [0.25, 0.3) is 10.9 Å². The predicted molar refractivity (Wildman–Crippen MR) is 140 cm³/mol. The van der Waals surface area contributed by atoms with Crippen molar-refractivity contribution in [3.8, 4) is 0 Å². The quantitative estimate of drug-likeness (QED) is 0.455. The minimum absolute atomic E-state index is 0.364. The van der Waals surface area contributed by atoms with Gasteiger partial charge < -0.3 is 10.2 Å². The molecule has 0 aliphatic carbocycles. The van der Waals surface area contributed by atoms with E-state index in [0.29, 0.717) is 22.4 Å². The summed E-state index contributed by atoms with van der Waals surface area (Å²) in [5.74, 6) is 0.165. The fourth-order valence-electron chi connectivity index (χ4n) is 5.21. The van der Waals surface area contributed by atoms with Gasteiger partial charge in [0.15, 0.2) is 5.82 Å². The molecule has 184 valence electrons. The van der Waals surface area contributed by atoms with Gasteiger partial charge in [0, 0.05) is 58.0 Å². The summed E-state index contributed by atoms with van der Waals surface area (Å²) in [5.41, 5.74) is 4.00. The Morgan fingerprint density at radius 1 is 0.806 bits per heavy atom. The maximum absolute atomic E-state index is 15.0. The Kier molecular flexibility index (Phi) is 6.13. The van der Waals surface area contributed by atoms with E-state index in [-0.39, 0.29) is 5.82 Å². The summed E-state index contributed by atoms with van der Waals surface area (Å²) in [6.07, 6.45) is 0. The van der Waals surface area contributed by atoms with E-state index in [1.807, 2.05) is 30.3 Å². The van der Waals surface area contributed by atoms with Gasteiger partial charge in [-0.3, -0.25) is 9.80 Å². The summed E-state index contributed by atoms with van der Waals surface area (Å²) in [5, 5.41) is 7.83. The first-order valence-corrected chi connectivity index (χ1v) is 12.5. The average Bonchev–Trinajstić information content (AvgIpc) is 3.51. The maximum atomic E-state index is 15.0. The molecule has 2 aliphatic heterocycles. The topological polar surface area (TPSA) is 56.6 Å². The lowest BCUT2D eigenvalue weighted by atomic mass is 10.1. The number of nitrogens with zero attached hydrogens (tertiary/aromatic N) is 5. The summed E-state index contributed by atoms with van der Waals surface area (Å²) in [7, 11) is 0. The van der Waals surface area contributed by atoms with Crippen molar-refractivity contribution < 1.29 is 9.18 Å². The van der Waals surface area contributed by atoms with Crippen molar-refractivity contribution in [3.63, 3.8) is 0 Å². The van der Waals surface area contributed by atoms with Gasteiger partial charge in [-0.15, -0.1) is 5.10 Å². The number of carbonyl (C=O) groups is 1. The Balaban J connectivity index is 1.13. The molecule has 0 bridgehead atoms. The molecule has 8 heteroatoms. The molecule has 4 aromatic rings. The lowest BCUT2D eigenvalue weighted by Gasteiger charge is -2.35. The predicted octanol–water partition coefficient (Wildman–Crippen LogP) is 4.39. The number of halogens is 1. The monoisotopic (exact) mass is 484 g/mol. The van der Waals surface area contributed by atoms with Gasteiger partial charge >= 0.3 is 6.03 Å². The molecule has 0 saturated carbocycles. The summed E-state index contributed by atoms with van der Waals surface area (Å²) in [4.78, 5) is 20.1. The number of piperazine rings is 1. The SMILES string of the molecule is O=C(Nc1ccccc1)n1nc(N2CCN(CCN3Cc4ccccc4C3)CC2)c2c(F)cccc21. The highest BCUT2D eigenvalue weighted by Gasteiger charge is 2.26. The van der Waals surface area contributed by atoms with Gasteiger partial charge in [0.25, 0.3) is 0 Å². The van der Waals surface area contributed by atoms with Gasteiger partial charge in [-0.05, 0) is 35.4 Å². The third-order valence-electron chi connectivity index (χ3n) is 7.17. The smallest absolute Gasteiger partial charge is 0.347 e. The van der Waals surface area contributed by atoms with Crippen LogP contribution < -0.4 is 10.2 Å². The van der Waals surface area contributed by atoms with Crippen molar-refractivity contribution in [2.75, 3.05) is 49.5 Å². The molecule has 0 unspecified atom stereocenters. The molecule has 0 atom stereocenters. The molecule has 1 saturated heterocycles. The molecular weight excluding hydrogens is 455 g/mol. The molecule has 2 aliphatic rings. The lowest BCUT2D eigenvalue weighted by molar-refractivity contribution is 0.197. The van der Waals surface area contributed by atoms with Crippen LogP contribution in [0, 0.1) is 5.82 Å². The molecule has 1 aromatic heterocycles. The number of carbonyl (C=O) groups excluding carboxylic acids is 1. The Hall–Kier alpha value is -3.75. The summed E-state index contributed by atoms with van der Waals surface area (Å²) < 4.78 is 16.2. The van der Waals surface area contributed by atoms with Crippen LogP contribution in [0.2, 0.25) is 0 Å². The molecule has 36 heavy (non-hydrogen) atoms.